The second-order valence-corrected chi connectivity index (χ2v) is 9.23. The van der Waals surface area contributed by atoms with Crippen molar-refractivity contribution in [1.29, 1.82) is 0 Å². The van der Waals surface area contributed by atoms with Gasteiger partial charge < -0.3 is 25.4 Å². The van der Waals surface area contributed by atoms with E-state index in [0.717, 1.165) is 28.8 Å². The van der Waals surface area contributed by atoms with E-state index in [1.165, 1.54) is 11.3 Å². The van der Waals surface area contributed by atoms with Crippen molar-refractivity contribution < 1.29 is 9.59 Å². The number of rotatable bonds is 5. The van der Waals surface area contributed by atoms with Crippen molar-refractivity contribution in [3.05, 3.63) is 47.0 Å². The maximum atomic E-state index is 12.6. The van der Waals surface area contributed by atoms with E-state index in [9.17, 15) is 9.59 Å². The molecule has 1 aliphatic heterocycles. The highest BCUT2D eigenvalue weighted by molar-refractivity contribution is 7.22. The van der Waals surface area contributed by atoms with E-state index in [1.807, 2.05) is 35.9 Å². The molecule has 0 spiro atoms. The van der Waals surface area contributed by atoms with E-state index >= 15 is 0 Å². The zero-order chi connectivity index (χ0) is 22.9. The monoisotopic (exact) mass is 483 g/mol. The van der Waals surface area contributed by atoms with Crippen molar-refractivity contribution in [2.24, 2.45) is 7.05 Å². The molecule has 0 bridgehead atoms. The van der Waals surface area contributed by atoms with E-state index < -0.39 is 0 Å². The van der Waals surface area contributed by atoms with Crippen molar-refractivity contribution in [2.75, 3.05) is 38.0 Å². The average Bonchev–Trinajstić information content (AvgIpc) is 3.37. The van der Waals surface area contributed by atoms with E-state index in [0.29, 0.717) is 40.3 Å². The molecular weight excluding hydrogens is 462 g/mol. The van der Waals surface area contributed by atoms with Crippen LogP contribution in [0.2, 0.25) is 5.02 Å². The highest BCUT2D eigenvalue weighted by Gasteiger charge is 2.18. The van der Waals surface area contributed by atoms with Gasteiger partial charge in [-0.15, -0.1) is 0 Å². The predicted molar refractivity (Wildman–Crippen MR) is 130 cm³/mol. The molecule has 11 heteroatoms. The summed E-state index contributed by atoms with van der Waals surface area (Å²) in [5.41, 5.74) is 2.86. The summed E-state index contributed by atoms with van der Waals surface area (Å²) >= 11 is 7.56. The number of halogens is 1. The van der Waals surface area contributed by atoms with Gasteiger partial charge in [-0.05, 0) is 36.4 Å². The van der Waals surface area contributed by atoms with Crippen LogP contribution in [0, 0.1) is 0 Å². The molecule has 9 nitrogen and oxygen atoms in total. The minimum absolute atomic E-state index is 0.0203. The number of piperazine rings is 1. The third kappa shape index (κ3) is 4.50. The smallest absolute Gasteiger partial charge is 0.251 e. The maximum Gasteiger partial charge on any atom is 0.251 e. The lowest BCUT2D eigenvalue weighted by Gasteiger charge is -2.27. The van der Waals surface area contributed by atoms with Crippen LogP contribution < -0.4 is 16.0 Å². The molecule has 4 aromatic rings. The van der Waals surface area contributed by atoms with Gasteiger partial charge in [-0.1, -0.05) is 22.9 Å². The van der Waals surface area contributed by atoms with Crippen LogP contribution in [0.25, 0.3) is 21.3 Å². The van der Waals surface area contributed by atoms with Gasteiger partial charge in [0.2, 0.25) is 11.9 Å². The number of aromatic nitrogens is 3. The normalized spacial score (nSPS) is 14.1. The molecule has 33 heavy (non-hydrogen) atoms. The summed E-state index contributed by atoms with van der Waals surface area (Å²) in [6.45, 7) is 2.85. The van der Waals surface area contributed by atoms with E-state index in [-0.39, 0.29) is 18.4 Å². The van der Waals surface area contributed by atoms with Gasteiger partial charge in [-0.25, -0.2) is 9.97 Å². The van der Waals surface area contributed by atoms with Crippen LogP contribution in [0.1, 0.15) is 10.4 Å². The number of benzene rings is 2. The third-order valence-electron chi connectivity index (χ3n) is 5.58. The van der Waals surface area contributed by atoms with E-state index in [1.54, 1.807) is 17.0 Å². The lowest BCUT2D eigenvalue weighted by atomic mass is 10.2. The number of fused-ring (bicyclic) bond motifs is 2. The zero-order valence-electron chi connectivity index (χ0n) is 17.9. The second kappa shape index (κ2) is 8.97. The second-order valence-electron chi connectivity index (χ2n) is 7.77. The SMILES string of the molecule is Cn1c(Nc2nc3ccc(Cl)cc3s2)nc2cc(C(=O)NCC(=O)N3CCNCC3)ccc21. The molecule has 1 aliphatic rings. The first-order valence-electron chi connectivity index (χ1n) is 10.5. The fraction of sp³-hybridized carbons (Fsp3) is 0.273. The molecule has 0 saturated carbocycles. The quantitative estimate of drug-likeness (QED) is 0.403. The Labute approximate surface area is 198 Å². The number of anilines is 2. The molecule has 1 saturated heterocycles. The summed E-state index contributed by atoms with van der Waals surface area (Å²) < 4.78 is 2.89. The summed E-state index contributed by atoms with van der Waals surface area (Å²) in [6.07, 6.45) is 0. The van der Waals surface area contributed by atoms with Gasteiger partial charge >= 0.3 is 0 Å². The lowest BCUT2D eigenvalue weighted by Crippen LogP contribution is -2.49. The van der Waals surface area contributed by atoms with Gasteiger partial charge in [0.05, 0.1) is 27.8 Å². The first-order chi connectivity index (χ1) is 16.0. The molecule has 1 fully saturated rings. The van der Waals surface area contributed by atoms with Crippen molar-refractivity contribution in [2.45, 2.75) is 0 Å². The molecular formula is C22H22ClN7O2S. The number of hydrogen-bond donors (Lipinski definition) is 3. The largest absolute Gasteiger partial charge is 0.343 e. The molecule has 2 aromatic carbocycles. The number of thiazole rings is 1. The first kappa shape index (κ1) is 21.6. The summed E-state index contributed by atoms with van der Waals surface area (Å²) in [7, 11) is 1.90. The highest BCUT2D eigenvalue weighted by Crippen LogP contribution is 2.31. The summed E-state index contributed by atoms with van der Waals surface area (Å²) in [5, 5.41) is 10.6. The standard InChI is InChI=1S/C22H22ClN7O2S/c1-29-17-5-2-13(20(32)25-12-19(31)30-8-6-24-7-9-30)10-16(17)26-21(29)28-22-27-15-4-3-14(23)11-18(15)33-22/h2-5,10-11,24H,6-9,12H2,1H3,(H,25,32)(H,26,27,28). The average molecular weight is 484 g/mol. The molecule has 0 aliphatic carbocycles. The van der Waals surface area contributed by atoms with E-state index in [4.69, 9.17) is 11.6 Å². The van der Waals surface area contributed by atoms with Gasteiger partial charge in [0.1, 0.15) is 0 Å². The molecule has 2 aromatic heterocycles. The molecule has 3 heterocycles. The molecule has 5 rings (SSSR count). The van der Waals surface area contributed by atoms with Crippen LogP contribution in [0.5, 0.6) is 0 Å². The maximum absolute atomic E-state index is 12.6. The third-order valence-corrected chi connectivity index (χ3v) is 6.75. The van der Waals surface area contributed by atoms with Gasteiger partial charge in [0, 0.05) is 43.8 Å². The number of nitrogens with one attached hydrogen (secondary N) is 3. The number of imidazole rings is 1. The minimum Gasteiger partial charge on any atom is -0.343 e. The zero-order valence-corrected chi connectivity index (χ0v) is 19.5. The predicted octanol–water partition coefficient (Wildman–Crippen LogP) is 2.74. The molecule has 0 atom stereocenters. The summed E-state index contributed by atoms with van der Waals surface area (Å²) in [5.74, 6) is 0.234. The Bertz CT molecular complexity index is 1360. The van der Waals surface area contributed by atoms with Crippen molar-refractivity contribution in [1.82, 2.24) is 30.1 Å². The Kier molecular flexibility index (Phi) is 5.88. The van der Waals surface area contributed by atoms with Crippen molar-refractivity contribution in [3.63, 3.8) is 0 Å². The van der Waals surface area contributed by atoms with Crippen LogP contribution in [-0.4, -0.2) is 64.0 Å². The first-order valence-corrected chi connectivity index (χ1v) is 11.7. The summed E-state index contributed by atoms with van der Waals surface area (Å²) in [6, 6.07) is 10.9. The topological polar surface area (TPSA) is 104 Å². The number of carbonyl (C=O) groups is 2. The molecule has 170 valence electrons. The summed E-state index contributed by atoms with van der Waals surface area (Å²) in [4.78, 5) is 35.9. The Morgan fingerprint density at radius 2 is 1.94 bits per heavy atom. The Morgan fingerprint density at radius 3 is 2.76 bits per heavy atom. The minimum atomic E-state index is -0.302. The molecule has 0 radical (unpaired) electrons. The highest BCUT2D eigenvalue weighted by atomic mass is 35.5. The van der Waals surface area contributed by atoms with Crippen LogP contribution in [0.3, 0.4) is 0 Å². The Balaban J connectivity index is 1.30. The van der Waals surface area contributed by atoms with Gasteiger partial charge in [0.15, 0.2) is 5.13 Å². The molecule has 3 N–H and O–H groups in total. The number of nitrogens with zero attached hydrogens (tertiary/aromatic N) is 4. The number of aryl methyl sites for hydroxylation is 1. The van der Waals surface area contributed by atoms with Crippen molar-refractivity contribution in [3.8, 4) is 0 Å². The van der Waals surface area contributed by atoms with Crippen LogP contribution in [-0.2, 0) is 11.8 Å². The number of hydrogen-bond acceptors (Lipinski definition) is 7. The molecule has 0 unspecified atom stereocenters. The van der Waals surface area contributed by atoms with Gasteiger partial charge in [-0.3, -0.25) is 9.59 Å². The van der Waals surface area contributed by atoms with Gasteiger partial charge in [-0.2, -0.15) is 0 Å². The number of carbonyl (C=O) groups excluding carboxylic acids is 2. The number of amides is 2. The lowest BCUT2D eigenvalue weighted by molar-refractivity contribution is -0.130. The Hall–Kier alpha value is -3.21. The van der Waals surface area contributed by atoms with Crippen molar-refractivity contribution >= 4 is 67.1 Å². The van der Waals surface area contributed by atoms with Gasteiger partial charge in [0.25, 0.3) is 5.91 Å². The molecule has 2 amide bonds. The van der Waals surface area contributed by atoms with E-state index in [2.05, 4.69) is 25.9 Å². The van der Waals surface area contributed by atoms with Crippen LogP contribution in [0.15, 0.2) is 36.4 Å². The van der Waals surface area contributed by atoms with Crippen LogP contribution in [0.4, 0.5) is 11.1 Å². The van der Waals surface area contributed by atoms with Crippen LogP contribution >= 0.6 is 22.9 Å². The Morgan fingerprint density at radius 1 is 1.12 bits per heavy atom. The fourth-order valence-corrected chi connectivity index (χ4v) is 4.92. The fourth-order valence-electron chi connectivity index (χ4n) is 3.78.